The van der Waals surface area contributed by atoms with E-state index in [1.807, 2.05) is 0 Å². The number of amides is 2. The van der Waals surface area contributed by atoms with Crippen LogP contribution in [0.1, 0.15) is 39.0 Å². The summed E-state index contributed by atoms with van der Waals surface area (Å²) in [6, 6.07) is 0.328. The van der Waals surface area contributed by atoms with Crippen molar-refractivity contribution >= 4 is 11.8 Å². The van der Waals surface area contributed by atoms with Crippen molar-refractivity contribution in [2.24, 2.45) is 5.73 Å². The van der Waals surface area contributed by atoms with Gasteiger partial charge in [0.2, 0.25) is 0 Å². The fourth-order valence-electron chi connectivity index (χ4n) is 2.58. The molecule has 5 nitrogen and oxygen atoms in total. The van der Waals surface area contributed by atoms with E-state index in [9.17, 15) is 9.59 Å². The maximum Gasteiger partial charge on any atom is 0.256 e. The number of carbonyl (C=O) groups excluding carboxylic acids is 2. The molecule has 1 aliphatic carbocycles. The van der Waals surface area contributed by atoms with E-state index in [4.69, 9.17) is 10.5 Å². The molecule has 0 unspecified atom stereocenters. The number of hydrogen-bond acceptors (Lipinski definition) is 4. The zero-order valence-corrected chi connectivity index (χ0v) is 11.4. The maximum absolute atomic E-state index is 11.6. The molecular formula is C14H22N2O3. The SMILES string of the molecule is CC1=CC(=O)N(CCCOC2CCC(N)CC2)C1=O. The van der Waals surface area contributed by atoms with Crippen molar-refractivity contribution < 1.29 is 14.3 Å². The summed E-state index contributed by atoms with van der Waals surface area (Å²) in [4.78, 5) is 24.4. The molecule has 0 aromatic rings. The van der Waals surface area contributed by atoms with Gasteiger partial charge >= 0.3 is 0 Å². The first-order chi connectivity index (χ1) is 9.08. The van der Waals surface area contributed by atoms with Gasteiger partial charge in [-0.05, 0) is 39.0 Å². The third-order valence-corrected chi connectivity index (χ3v) is 3.79. The van der Waals surface area contributed by atoms with Gasteiger partial charge in [0, 0.05) is 30.8 Å². The van der Waals surface area contributed by atoms with E-state index in [1.54, 1.807) is 6.92 Å². The lowest BCUT2D eigenvalue weighted by Gasteiger charge is -2.26. The minimum atomic E-state index is -0.203. The monoisotopic (exact) mass is 266 g/mol. The van der Waals surface area contributed by atoms with E-state index < -0.39 is 0 Å². The molecule has 106 valence electrons. The highest BCUT2D eigenvalue weighted by molar-refractivity contribution is 6.15. The summed E-state index contributed by atoms with van der Waals surface area (Å²) in [6.07, 6.45) is 6.47. The molecule has 2 N–H and O–H groups in total. The van der Waals surface area contributed by atoms with Gasteiger partial charge in [0.05, 0.1) is 6.10 Å². The Labute approximate surface area is 113 Å². The molecule has 0 radical (unpaired) electrons. The summed E-state index contributed by atoms with van der Waals surface area (Å²) in [5.74, 6) is -0.375. The summed E-state index contributed by atoms with van der Waals surface area (Å²) < 4.78 is 5.77. The van der Waals surface area contributed by atoms with Gasteiger partial charge in [-0.2, -0.15) is 0 Å². The number of imide groups is 1. The molecule has 0 aromatic heterocycles. The lowest BCUT2D eigenvalue weighted by atomic mass is 9.94. The molecule has 1 fully saturated rings. The number of carbonyl (C=O) groups is 2. The van der Waals surface area contributed by atoms with E-state index in [-0.39, 0.29) is 11.8 Å². The Hall–Kier alpha value is -1.20. The van der Waals surface area contributed by atoms with Crippen molar-refractivity contribution in [3.05, 3.63) is 11.6 Å². The van der Waals surface area contributed by atoms with E-state index >= 15 is 0 Å². The van der Waals surface area contributed by atoms with Crippen LogP contribution in [0.5, 0.6) is 0 Å². The average molecular weight is 266 g/mol. The van der Waals surface area contributed by atoms with Gasteiger partial charge in [-0.25, -0.2) is 0 Å². The molecule has 2 aliphatic rings. The lowest BCUT2D eigenvalue weighted by molar-refractivity contribution is -0.137. The summed E-state index contributed by atoms with van der Waals surface area (Å²) in [5, 5.41) is 0. The van der Waals surface area contributed by atoms with Crippen molar-refractivity contribution in [2.45, 2.75) is 51.2 Å². The Morgan fingerprint density at radius 1 is 1.32 bits per heavy atom. The normalized spacial score (nSPS) is 27.9. The summed E-state index contributed by atoms with van der Waals surface area (Å²) >= 11 is 0. The predicted octanol–water partition coefficient (Wildman–Crippen LogP) is 0.978. The van der Waals surface area contributed by atoms with E-state index in [0.29, 0.717) is 37.3 Å². The van der Waals surface area contributed by atoms with Crippen LogP contribution in [0.25, 0.3) is 0 Å². The van der Waals surface area contributed by atoms with Crippen LogP contribution in [0.3, 0.4) is 0 Å². The molecule has 2 rings (SSSR count). The van der Waals surface area contributed by atoms with Crippen molar-refractivity contribution in [2.75, 3.05) is 13.2 Å². The number of ether oxygens (including phenoxy) is 1. The van der Waals surface area contributed by atoms with Crippen LogP contribution in [0.15, 0.2) is 11.6 Å². The van der Waals surface area contributed by atoms with Gasteiger partial charge in [-0.1, -0.05) is 0 Å². The van der Waals surface area contributed by atoms with Gasteiger partial charge in [0.15, 0.2) is 0 Å². The summed E-state index contributed by atoms with van der Waals surface area (Å²) in [5.41, 5.74) is 6.36. The van der Waals surface area contributed by atoms with E-state index in [0.717, 1.165) is 25.7 Å². The van der Waals surface area contributed by atoms with Crippen LogP contribution in [-0.4, -0.2) is 42.0 Å². The van der Waals surface area contributed by atoms with Crippen LogP contribution >= 0.6 is 0 Å². The Kier molecular flexibility index (Phi) is 4.71. The van der Waals surface area contributed by atoms with Gasteiger partial charge in [0.25, 0.3) is 11.8 Å². The quantitative estimate of drug-likeness (QED) is 0.594. The Morgan fingerprint density at radius 2 is 2.00 bits per heavy atom. The van der Waals surface area contributed by atoms with Crippen molar-refractivity contribution in [1.29, 1.82) is 0 Å². The molecule has 0 aromatic carbocycles. The van der Waals surface area contributed by atoms with Gasteiger partial charge in [-0.3, -0.25) is 14.5 Å². The highest BCUT2D eigenvalue weighted by Crippen LogP contribution is 2.20. The summed E-state index contributed by atoms with van der Waals surface area (Å²) in [7, 11) is 0. The Bertz CT molecular complexity index is 384. The highest BCUT2D eigenvalue weighted by atomic mass is 16.5. The highest BCUT2D eigenvalue weighted by Gasteiger charge is 2.27. The minimum Gasteiger partial charge on any atom is -0.378 e. The largest absolute Gasteiger partial charge is 0.378 e. The standard InChI is InChI=1S/C14H22N2O3/c1-10-9-13(17)16(14(10)18)7-2-8-19-12-5-3-11(15)4-6-12/h9,11-12H,2-8,15H2,1H3. The van der Waals surface area contributed by atoms with E-state index in [2.05, 4.69) is 0 Å². The number of nitrogens with zero attached hydrogens (tertiary/aromatic N) is 1. The first-order valence-corrected chi connectivity index (χ1v) is 6.99. The van der Waals surface area contributed by atoms with Crippen molar-refractivity contribution in [3.63, 3.8) is 0 Å². The van der Waals surface area contributed by atoms with Crippen LogP contribution in [-0.2, 0) is 14.3 Å². The average Bonchev–Trinajstić information content (AvgIpc) is 2.62. The molecule has 0 atom stereocenters. The fraction of sp³-hybridized carbons (Fsp3) is 0.714. The molecule has 1 aliphatic heterocycles. The third-order valence-electron chi connectivity index (χ3n) is 3.79. The third kappa shape index (κ3) is 3.64. The number of nitrogens with two attached hydrogens (primary N) is 1. The Balaban J connectivity index is 1.62. The second kappa shape index (κ2) is 6.30. The Morgan fingerprint density at radius 3 is 2.58 bits per heavy atom. The van der Waals surface area contributed by atoms with E-state index in [1.165, 1.54) is 11.0 Å². The number of hydrogen-bond donors (Lipinski definition) is 1. The zero-order valence-electron chi connectivity index (χ0n) is 11.4. The van der Waals surface area contributed by atoms with Gasteiger partial charge in [-0.15, -0.1) is 0 Å². The van der Waals surface area contributed by atoms with Gasteiger partial charge in [0.1, 0.15) is 0 Å². The predicted molar refractivity (Wildman–Crippen MR) is 71.3 cm³/mol. The molecule has 1 saturated carbocycles. The molecule has 5 heteroatoms. The number of rotatable bonds is 5. The van der Waals surface area contributed by atoms with Crippen LogP contribution < -0.4 is 5.73 Å². The smallest absolute Gasteiger partial charge is 0.256 e. The lowest BCUT2D eigenvalue weighted by Crippen LogP contribution is -2.33. The van der Waals surface area contributed by atoms with Crippen molar-refractivity contribution in [1.82, 2.24) is 4.90 Å². The first-order valence-electron chi connectivity index (χ1n) is 6.99. The molecule has 0 bridgehead atoms. The van der Waals surface area contributed by atoms with Crippen LogP contribution in [0, 0.1) is 0 Å². The molecule has 19 heavy (non-hydrogen) atoms. The first kappa shape index (κ1) is 14.2. The van der Waals surface area contributed by atoms with Crippen LogP contribution in [0.2, 0.25) is 0 Å². The second-order valence-corrected chi connectivity index (χ2v) is 5.38. The molecular weight excluding hydrogens is 244 g/mol. The fourth-order valence-corrected chi connectivity index (χ4v) is 2.58. The molecule has 1 heterocycles. The zero-order chi connectivity index (χ0) is 13.8. The molecule has 0 spiro atoms. The van der Waals surface area contributed by atoms with Crippen molar-refractivity contribution in [3.8, 4) is 0 Å². The topological polar surface area (TPSA) is 72.6 Å². The van der Waals surface area contributed by atoms with Crippen LogP contribution in [0.4, 0.5) is 0 Å². The maximum atomic E-state index is 11.6. The molecule has 0 saturated heterocycles. The van der Waals surface area contributed by atoms with Gasteiger partial charge < -0.3 is 10.5 Å². The minimum absolute atomic E-state index is 0.173. The second-order valence-electron chi connectivity index (χ2n) is 5.38. The molecule has 2 amide bonds. The summed E-state index contributed by atoms with van der Waals surface area (Å²) in [6.45, 7) is 2.70.